The maximum absolute atomic E-state index is 12.2. The lowest BCUT2D eigenvalue weighted by molar-refractivity contribution is 0.0697. The Bertz CT molecular complexity index is 532. The molecule has 0 bridgehead atoms. The van der Waals surface area contributed by atoms with Crippen LogP contribution < -0.4 is 5.32 Å². The minimum Gasteiger partial charge on any atom is -0.478 e. The van der Waals surface area contributed by atoms with Crippen molar-refractivity contribution in [1.29, 1.82) is 0 Å². The SMILES string of the molecule is CC(C)CC(C)N(C)C(=O)Nc1ccc(C(=O)O)cc1Br. The summed E-state index contributed by atoms with van der Waals surface area (Å²) in [6.45, 7) is 6.23. The van der Waals surface area contributed by atoms with E-state index in [1.54, 1.807) is 18.0 Å². The average Bonchev–Trinajstić information content (AvgIpc) is 2.38. The third-order valence-electron chi connectivity index (χ3n) is 3.25. The predicted molar refractivity (Wildman–Crippen MR) is 86.8 cm³/mol. The molecule has 0 aliphatic carbocycles. The van der Waals surface area contributed by atoms with E-state index in [4.69, 9.17) is 5.11 Å². The lowest BCUT2D eigenvalue weighted by Gasteiger charge is -2.26. The standard InChI is InChI=1S/C15H21BrN2O3/c1-9(2)7-10(3)18(4)15(21)17-13-6-5-11(14(19)20)8-12(13)16/h5-6,8-10H,7H2,1-4H3,(H,17,21)(H,19,20). The van der Waals surface area contributed by atoms with Gasteiger partial charge in [0.2, 0.25) is 0 Å². The van der Waals surface area contributed by atoms with Gasteiger partial charge in [-0.25, -0.2) is 9.59 Å². The molecule has 1 unspecified atom stereocenters. The first-order valence-corrected chi connectivity index (χ1v) is 7.58. The van der Waals surface area contributed by atoms with Crippen molar-refractivity contribution in [2.75, 3.05) is 12.4 Å². The molecule has 1 aromatic carbocycles. The quantitative estimate of drug-likeness (QED) is 0.835. The van der Waals surface area contributed by atoms with E-state index in [1.807, 2.05) is 6.92 Å². The molecule has 0 spiro atoms. The predicted octanol–water partition coefficient (Wildman–Crippen LogP) is 4.05. The van der Waals surface area contributed by atoms with E-state index in [0.29, 0.717) is 16.1 Å². The Balaban J connectivity index is 2.77. The molecule has 0 saturated carbocycles. The summed E-state index contributed by atoms with van der Waals surface area (Å²) in [4.78, 5) is 24.7. The highest BCUT2D eigenvalue weighted by atomic mass is 79.9. The van der Waals surface area contributed by atoms with E-state index in [2.05, 4.69) is 35.1 Å². The molecule has 0 fully saturated rings. The Morgan fingerprint density at radius 1 is 1.33 bits per heavy atom. The number of amides is 2. The minimum atomic E-state index is -1.00. The fourth-order valence-electron chi connectivity index (χ4n) is 1.99. The second kappa shape index (κ2) is 7.45. The third kappa shape index (κ3) is 5.04. The van der Waals surface area contributed by atoms with E-state index in [9.17, 15) is 9.59 Å². The molecule has 116 valence electrons. The third-order valence-corrected chi connectivity index (χ3v) is 3.91. The molecule has 0 aliphatic rings. The van der Waals surface area contributed by atoms with Crippen LogP contribution in [0.1, 0.15) is 37.6 Å². The van der Waals surface area contributed by atoms with E-state index < -0.39 is 5.97 Å². The molecule has 0 aliphatic heterocycles. The van der Waals surface area contributed by atoms with Crippen LogP contribution in [0.5, 0.6) is 0 Å². The van der Waals surface area contributed by atoms with Crippen molar-refractivity contribution in [3.05, 3.63) is 28.2 Å². The monoisotopic (exact) mass is 356 g/mol. The van der Waals surface area contributed by atoms with Crippen LogP contribution >= 0.6 is 15.9 Å². The van der Waals surface area contributed by atoms with Crippen molar-refractivity contribution >= 4 is 33.6 Å². The Labute approximate surface area is 133 Å². The van der Waals surface area contributed by atoms with Gasteiger partial charge < -0.3 is 15.3 Å². The molecule has 6 heteroatoms. The number of carbonyl (C=O) groups is 2. The molecule has 2 N–H and O–H groups in total. The second-order valence-electron chi connectivity index (χ2n) is 5.52. The molecule has 0 heterocycles. The number of benzene rings is 1. The molecule has 1 atom stereocenters. The molecule has 2 amide bonds. The van der Waals surface area contributed by atoms with Crippen molar-refractivity contribution in [2.24, 2.45) is 5.92 Å². The number of hydrogen-bond donors (Lipinski definition) is 2. The van der Waals surface area contributed by atoms with Crippen molar-refractivity contribution in [3.8, 4) is 0 Å². The summed E-state index contributed by atoms with van der Waals surface area (Å²) in [7, 11) is 1.75. The van der Waals surface area contributed by atoms with Crippen LogP contribution in [0.25, 0.3) is 0 Å². The Morgan fingerprint density at radius 3 is 2.43 bits per heavy atom. The highest BCUT2D eigenvalue weighted by molar-refractivity contribution is 9.10. The normalized spacial score (nSPS) is 12.1. The summed E-state index contributed by atoms with van der Waals surface area (Å²) in [5.74, 6) is -0.493. The van der Waals surface area contributed by atoms with Gasteiger partial charge in [-0.1, -0.05) is 13.8 Å². The fraction of sp³-hybridized carbons (Fsp3) is 0.467. The summed E-state index contributed by atoms with van der Waals surface area (Å²) >= 11 is 3.27. The maximum atomic E-state index is 12.2. The summed E-state index contributed by atoms with van der Waals surface area (Å²) in [5, 5.41) is 11.7. The summed E-state index contributed by atoms with van der Waals surface area (Å²) in [5.41, 5.74) is 0.718. The van der Waals surface area contributed by atoms with Crippen LogP contribution in [0, 0.1) is 5.92 Å². The number of carboxylic acids is 1. The van der Waals surface area contributed by atoms with Crippen LogP contribution in [0.4, 0.5) is 10.5 Å². The lowest BCUT2D eigenvalue weighted by atomic mass is 10.0. The number of carboxylic acid groups (broad SMARTS) is 1. The van der Waals surface area contributed by atoms with Gasteiger partial charge in [0.25, 0.3) is 0 Å². The van der Waals surface area contributed by atoms with Gasteiger partial charge in [-0.3, -0.25) is 0 Å². The molecule has 21 heavy (non-hydrogen) atoms. The van der Waals surface area contributed by atoms with Gasteiger partial charge in [-0.2, -0.15) is 0 Å². The van der Waals surface area contributed by atoms with E-state index in [-0.39, 0.29) is 17.6 Å². The topological polar surface area (TPSA) is 69.6 Å². The van der Waals surface area contributed by atoms with Crippen molar-refractivity contribution in [2.45, 2.75) is 33.2 Å². The zero-order valence-electron chi connectivity index (χ0n) is 12.7. The molecule has 0 saturated heterocycles. The highest BCUT2D eigenvalue weighted by Gasteiger charge is 2.18. The number of urea groups is 1. The number of halogens is 1. The Morgan fingerprint density at radius 2 is 1.95 bits per heavy atom. The first-order valence-electron chi connectivity index (χ1n) is 6.79. The van der Waals surface area contributed by atoms with Crippen LogP contribution in [0.15, 0.2) is 22.7 Å². The molecule has 0 radical (unpaired) electrons. The zero-order chi connectivity index (χ0) is 16.2. The van der Waals surface area contributed by atoms with E-state index in [1.165, 1.54) is 12.1 Å². The summed E-state index contributed by atoms with van der Waals surface area (Å²) in [6, 6.07) is 4.41. The van der Waals surface area contributed by atoms with E-state index in [0.717, 1.165) is 6.42 Å². The van der Waals surface area contributed by atoms with Crippen molar-refractivity contribution < 1.29 is 14.7 Å². The maximum Gasteiger partial charge on any atom is 0.335 e. The largest absolute Gasteiger partial charge is 0.478 e. The lowest BCUT2D eigenvalue weighted by Crippen LogP contribution is -2.39. The number of anilines is 1. The number of rotatable bonds is 5. The highest BCUT2D eigenvalue weighted by Crippen LogP contribution is 2.24. The number of nitrogens with one attached hydrogen (secondary N) is 1. The minimum absolute atomic E-state index is 0.127. The molecule has 0 aromatic heterocycles. The molecular formula is C15H21BrN2O3. The van der Waals surface area contributed by atoms with Crippen molar-refractivity contribution in [1.82, 2.24) is 4.90 Å². The second-order valence-corrected chi connectivity index (χ2v) is 6.37. The number of hydrogen-bond acceptors (Lipinski definition) is 2. The average molecular weight is 357 g/mol. The van der Waals surface area contributed by atoms with E-state index >= 15 is 0 Å². The van der Waals surface area contributed by atoms with Crippen LogP contribution in [0.2, 0.25) is 0 Å². The first kappa shape index (κ1) is 17.5. The number of nitrogens with zero attached hydrogens (tertiary/aromatic N) is 1. The fourth-order valence-corrected chi connectivity index (χ4v) is 2.47. The van der Waals surface area contributed by atoms with Gasteiger partial charge in [-0.15, -0.1) is 0 Å². The number of aromatic carboxylic acids is 1. The van der Waals surface area contributed by atoms with Gasteiger partial charge in [0, 0.05) is 17.6 Å². The molecule has 5 nitrogen and oxygen atoms in total. The smallest absolute Gasteiger partial charge is 0.335 e. The summed E-state index contributed by atoms with van der Waals surface area (Å²) in [6.07, 6.45) is 0.920. The first-order chi connectivity index (χ1) is 9.72. The molecule has 1 aromatic rings. The van der Waals surface area contributed by atoms with Crippen LogP contribution in [0.3, 0.4) is 0 Å². The van der Waals surface area contributed by atoms with Gasteiger partial charge >= 0.3 is 12.0 Å². The molecular weight excluding hydrogens is 336 g/mol. The Hall–Kier alpha value is -1.56. The van der Waals surface area contributed by atoms with Crippen molar-refractivity contribution in [3.63, 3.8) is 0 Å². The Kier molecular flexibility index (Phi) is 6.20. The van der Waals surface area contributed by atoms with Gasteiger partial charge in [0.1, 0.15) is 0 Å². The van der Waals surface area contributed by atoms with Crippen LogP contribution in [-0.4, -0.2) is 35.1 Å². The number of carbonyl (C=O) groups excluding carboxylic acids is 1. The summed E-state index contributed by atoms with van der Waals surface area (Å²) < 4.78 is 0.542. The van der Waals surface area contributed by atoms with Gasteiger partial charge in [0.15, 0.2) is 0 Å². The van der Waals surface area contributed by atoms with Gasteiger partial charge in [-0.05, 0) is 53.4 Å². The van der Waals surface area contributed by atoms with Gasteiger partial charge in [0.05, 0.1) is 11.3 Å². The van der Waals surface area contributed by atoms with Crippen LogP contribution in [-0.2, 0) is 0 Å². The molecule has 1 rings (SSSR count). The zero-order valence-corrected chi connectivity index (χ0v) is 14.3.